The fourth-order valence-electron chi connectivity index (χ4n) is 1.83. The molecule has 1 N–H and O–H groups in total. The molecule has 21 heavy (non-hydrogen) atoms. The smallest absolute Gasteiger partial charge is 0.269 e. The van der Waals surface area contributed by atoms with Gasteiger partial charge in [-0.05, 0) is 40.0 Å². The molecule has 0 aliphatic heterocycles. The molecule has 110 valence electrons. The topological polar surface area (TPSA) is 55.2 Å². The van der Waals surface area contributed by atoms with E-state index in [-0.39, 0.29) is 5.69 Å². The molecule has 2 aromatic carbocycles. The van der Waals surface area contributed by atoms with E-state index in [1.54, 1.807) is 12.1 Å². The zero-order chi connectivity index (χ0) is 15.4. The molecule has 0 saturated heterocycles. The normalized spacial score (nSPS) is 10.4. The highest BCUT2D eigenvalue weighted by Crippen LogP contribution is 2.31. The zero-order valence-corrected chi connectivity index (χ0v) is 13.1. The number of rotatable bonds is 5. The summed E-state index contributed by atoms with van der Waals surface area (Å²) in [6, 6.07) is 8.93. The Balaban J connectivity index is 1.97. The highest BCUT2D eigenvalue weighted by molar-refractivity contribution is 9.10. The quantitative estimate of drug-likeness (QED) is 0.605. The standard InChI is InChI=1S/C14H11BrClFN2O2/c15-12-7-10(17)8-13(16)14(12)18-6-5-9-1-3-11(4-2-9)19(20)21/h1-4,7-8,18H,5-6H2. The van der Waals surface area contributed by atoms with E-state index in [1.165, 1.54) is 24.3 Å². The van der Waals surface area contributed by atoms with Gasteiger partial charge in [-0.3, -0.25) is 10.1 Å². The van der Waals surface area contributed by atoms with Crippen molar-refractivity contribution in [2.24, 2.45) is 0 Å². The summed E-state index contributed by atoms with van der Waals surface area (Å²) in [5.74, 6) is -0.409. The van der Waals surface area contributed by atoms with Gasteiger partial charge in [0.1, 0.15) is 5.82 Å². The Hall–Kier alpha value is -1.66. The lowest BCUT2D eigenvalue weighted by molar-refractivity contribution is -0.384. The molecule has 0 aliphatic carbocycles. The molecule has 0 bridgehead atoms. The first-order chi connectivity index (χ1) is 9.97. The fraction of sp³-hybridized carbons (Fsp3) is 0.143. The predicted molar refractivity (Wildman–Crippen MR) is 84.4 cm³/mol. The van der Waals surface area contributed by atoms with E-state index in [1.807, 2.05) is 0 Å². The lowest BCUT2D eigenvalue weighted by atomic mass is 10.1. The van der Waals surface area contributed by atoms with E-state index in [2.05, 4.69) is 21.2 Å². The monoisotopic (exact) mass is 372 g/mol. The van der Waals surface area contributed by atoms with Crippen LogP contribution >= 0.6 is 27.5 Å². The van der Waals surface area contributed by atoms with Crippen LogP contribution in [-0.2, 0) is 6.42 Å². The molecule has 0 atom stereocenters. The minimum Gasteiger partial charge on any atom is -0.383 e. The maximum Gasteiger partial charge on any atom is 0.269 e. The lowest BCUT2D eigenvalue weighted by Gasteiger charge is -2.10. The van der Waals surface area contributed by atoms with Gasteiger partial charge in [-0.25, -0.2) is 4.39 Å². The summed E-state index contributed by atoms with van der Waals surface area (Å²) in [4.78, 5) is 10.1. The molecular weight excluding hydrogens is 363 g/mol. The second-order valence-electron chi connectivity index (χ2n) is 4.34. The molecule has 0 unspecified atom stereocenters. The minimum absolute atomic E-state index is 0.0658. The molecule has 0 fully saturated rings. The van der Waals surface area contributed by atoms with Crippen molar-refractivity contribution in [1.82, 2.24) is 0 Å². The Morgan fingerprint density at radius 1 is 1.29 bits per heavy atom. The molecule has 4 nitrogen and oxygen atoms in total. The fourth-order valence-corrected chi connectivity index (χ4v) is 2.79. The summed E-state index contributed by atoms with van der Waals surface area (Å²) in [6.07, 6.45) is 0.665. The van der Waals surface area contributed by atoms with Crippen LogP contribution in [0.4, 0.5) is 15.8 Å². The van der Waals surface area contributed by atoms with Crippen LogP contribution in [0.1, 0.15) is 5.56 Å². The number of nitro benzene ring substituents is 1. The average Bonchev–Trinajstić information content (AvgIpc) is 2.42. The summed E-state index contributed by atoms with van der Waals surface area (Å²) in [6.45, 7) is 0.571. The Morgan fingerprint density at radius 2 is 1.95 bits per heavy atom. The van der Waals surface area contributed by atoms with Crippen molar-refractivity contribution in [2.75, 3.05) is 11.9 Å². The van der Waals surface area contributed by atoms with Gasteiger partial charge in [0.05, 0.1) is 15.6 Å². The van der Waals surface area contributed by atoms with Crippen LogP contribution in [-0.4, -0.2) is 11.5 Å². The van der Waals surface area contributed by atoms with Crippen LogP contribution in [0.15, 0.2) is 40.9 Å². The first kappa shape index (κ1) is 15.7. The number of nitrogens with zero attached hydrogens (tertiary/aromatic N) is 1. The number of anilines is 1. The second-order valence-corrected chi connectivity index (χ2v) is 5.61. The number of halogens is 3. The average molecular weight is 374 g/mol. The van der Waals surface area contributed by atoms with Crippen molar-refractivity contribution in [3.05, 3.63) is 67.4 Å². The molecule has 2 aromatic rings. The summed E-state index contributed by atoms with van der Waals surface area (Å²) >= 11 is 9.21. The maximum absolute atomic E-state index is 13.1. The zero-order valence-electron chi connectivity index (χ0n) is 10.8. The van der Waals surface area contributed by atoms with Crippen LogP contribution in [0.2, 0.25) is 5.02 Å². The van der Waals surface area contributed by atoms with Crippen molar-refractivity contribution < 1.29 is 9.31 Å². The lowest BCUT2D eigenvalue weighted by Crippen LogP contribution is -2.06. The van der Waals surface area contributed by atoms with Crippen LogP contribution in [0.3, 0.4) is 0 Å². The number of nitro groups is 1. The Bertz CT molecular complexity index is 642. The molecule has 0 radical (unpaired) electrons. The minimum atomic E-state index is -0.433. The number of benzene rings is 2. The Morgan fingerprint density at radius 3 is 2.52 bits per heavy atom. The van der Waals surface area contributed by atoms with E-state index < -0.39 is 10.7 Å². The van der Waals surface area contributed by atoms with Gasteiger partial charge in [0, 0.05) is 23.2 Å². The van der Waals surface area contributed by atoms with E-state index in [4.69, 9.17) is 11.6 Å². The number of non-ortho nitro benzene ring substituents is 1. The molecule has 0 spiro atoms. The van der Waals surface area contributed by atoms with Crippen molar-refractivity contribution in [1.29, 1.82) is 0 Å². The van der Waals surface area contributed by atoms with Gasteiger partial charge in [-0.2, -0.15) is 0 Å². The highest BCUT2D eigenvalue weighted by Gasteiger charge is 2.08. The van der Waals surface area contributed by atoms with Crippen LogP contribution in [0, 0.1) is 15.9 Å². The van der Waals surface area contributed by atoms with Crippen LogP contribution < -0.4 is 5.32 Å². The summed E-state index contributed by atoms with van der Waals surface area (Å²) < 4.78 is 13.7. The SMILES string of the molecule is O=[N+]([O-])c1ccc(CCNc2c(Cl)cc(F)cc2Br)cc1. The summed E-state index contributed by atoms with van der Waals surface area (Å²) in [5, 5.41) is 14.0. The van der Waals surface area contributed by atoms with Crippen molar-refractivity contribution >= 4 is 38.9 Å². The van der Waals surface area contributed by atoms with Crippen molar-refractivity contribution in [3.63, 3.8) is 0 Å². The Kier molecular flexibility index (Phi) is 5.14. The molecule has 2 rings (SSSR count). The molecule has 0 aromatic heterocycles. The number of hydrogen-bond donors (Lipinski definition) is 1. The third-order valence-corrected chi connectivity index (χ3v) is 3.79. The highest BCUT2D eigenvalue weighted by atomic mass is 79.9. The largest absolute Gasteiger partial charge is 0.383 e. The summed E-state index contributed by atoms with van der Waals surface area (Å²) in [5.41, 5.74) is 1.65. The number of hydrogen-bond acceptors (Lipinski definition) is 3. The van der Waals surface area contributed by atoms with Crippen LogP contribution in [0.25, 0.3) is 0 Å². The van der Waals surface area contributed by atoms with Crippen molar-refractivity contribution in [2.45, 2.75) is 6.42 Å². The third kappa shape index (κ3) is 4.15. The van der Waals surface area contributed by atoms with Gasteiger partial charge in [0.2, 0.25) is 0 Å². The van der Waals surface area contributed by atoms with Gasteiger partial charge < -0.3 is 5.32 Å². The van der Waals surface area contributed by atoms with Gasteiger partial charge >= 0.3 is 0 Å². The van der Waals surface area contributed by atoms with Crippen LogP contribution in [0.5, 0.6) is 0 Å². The maximum atomic E-state index is 13.1. The van der Waals surface area contributed by atoms with Gasteiger partial charge in [0.15, 0.2) is 0 Å². The molecule has 0 heterocycles. The third-order valence-electron chi connectivity index (χ3n) is 2.87. The first-order valence-corrected chi connectivity index (χ1v) is 7.26. The van der Waals surface area contributed by atoms with Gasteiger partial charge in [-0.15, -0.1) is 0 Å². The molecule has 0 saturated carbocycles. The molecule has 0 aliphatic rings. The van der Waals surface area contributed by atoms with Gasteiger partial charge in [0.25, 0.3) is 5.69 Å². The number of nitrogens with one attached hydrogen (secondary N) is 1. The van der Waals surface area contributed by atoms with Gasteiger partial charge in [-0.1, -0.05) is 23.7 Å². The molecule has 0 amide bonds. The first-order valence-electron chi connectivity index (χ1n) is 6.09. The summed E-state index contributed by atoms with van der Waals surface area (Å²) in [7, 11) is 0. The molecular formula is C14H11BrClFN2O2. The van der Waals surface area contributed by atoms with Crippen molar-refractivity contribution in [3.8, 4) is 0 Å². The molecule has 7 heteroatoms. The predicted octanol–water partition coefficient (Wildman–Crippen LogP) is 4.80. The van der Waals surface area contributed by atoms with E-state index in [9.17, 15) is 14.5 Å². The Labute approximate surface area is 134 Å². The van der Waals surface area contributed by atoms with E-state index >= 15 is 0 Å². The van der Waals surface area contributed by atoms with E-state index in [0.29, 0.717) is 28.1 Å². The second kappa shape index (κ2) is 6.87. The van der Waals surface area contributed by atoms with E-state index in [0.717, 1.165) is 5.56 Å².